The van der Waals surface area contributed by atoms with E-state index in [1.165, 1.54) is 11.8 Å². The van der Waals surface area contributed by atoms with Gasteiger partial charge in [0.2, 0.25) is 23.6 Å². The molecule has 0 aliphatic rings. The fourth-order valence-corrected chi connectivity index (χ4v) is 2.68. The van der Waals surface area contributed by atoms with E-state index in [0.29, 0.717) is 28.2 Å². The molecule has 10 nitrogen and oxygen atoms in total. The van der Waals surface area contributed by atoms with Crippen molar-refractivity contribution in [3.05, 3.63) is 0 Å². The third-order valence-corrected chi connectivity index (χ3v) is 5.31. The first-order valence-corrected chi connectivity index (χ1v) is 15.2. The van der Waals surface area contributed by atoms with Crippen LogP contribution in [0, 0.1) is 0 Å². The Labute approximate surface area is 236 Å². The minimum atomic E-state index is -0.543. The molecule has 0 saturated carbocycles. The fraction of sp³-hybridized carbons (Fsp3) is 0.818. The van der Waals surface area contributed by atoms with E-state index >= 15 is 0 Å². The zero-order chi connectivity index (χ0) is 28.7. The maximum Gasteiger partial charge on any atom is 0.237 e. The maximum atomic E-state index is 11.1. The van der Waals surface area contributed by atoms with Crippen LogP contribution in [0.15, 0.2) is 0 Å². The van der Waals surface area contributed by atoms with Crippen LogP contribution in [0.25, 0.3) is 0 Å². The van der Waals surface area contributed by atoms with Crippen LogP contribution in [0.2, 0.25) is 0 Å². The normalized spacial score (nSPS) is 10.4. The second-order valence-corrected chi connectivity index (χ2v) is 8.13. The molecule has 0 saturated heterocycles. The molecule has 2 atom stereocenters. The number of amides is 4. The summed E-state index contributed by atoms with van der Waals surface area (Å²) >= 11 is 7.23. The van der Waals surface area contributed by atoms with E-state index in [1.807, 2.05) is 64.1 Å². The molecule has 0 aliphatic carbocycles. The predicted octanol–water partition coefficient (Wildman–Crippen LogP) is 1.31. The first-order valence-electron chi connectivity index (χ1n) is 11.9. The molecule has 8 N–H and O–H groups in total. The molecule has 0 aliphatic heterocycles. The molecule has 0 spiro atoms. The number of rotatable bonds is 12. The van der Waals surface area contributed by atoms with Crippen molar-refractivity contribution in [2.45, 2.75) is 66.5 Å². The van der Waals surface area contributed by atoms with Crippen LogP contribution in [0.3, 0.4) is 0 Å². The number of alkyl halides is 1. The van der Waals surface area contributed by atoms with E-state index in [2.05, 4.69) is 33.9 Å². The van der Waals surface area contributed by atoms with E-state index < -0.39 is 12.1 Å². The standard InChI is InChI=1S/C9H19N3O2S.C5H10INO.C4H10N2OS.2C2H6/c1-3-4-12-8(13)6-15-5-7(10)9(14)11-2;1-2-3-7-5(8)4-6;1-6-4(7)3(5)2-8;2*1-2/h7H,3-6,10H2,1-2H3,(H,11,14)(H,12,13);2-4H2,1H3,(H,7,8);3,8H,2,5H2,1H3,(H,6,7);2*1-2H3/t7-;;3-;;/m1.1../s1. The number of nitrogens with two attached hydrogens (primary N) is 2. The Hall–Kier alpha value is -0.770. The maximum absolute atomic E-state index is 11.1. The molecular weight excluding hydrogens is 603 g/mol. The number of carbonyl (C=O) groups is 4. The number of likely N-dealkylation sites (N-methyl/N-ethyl adjacent to an activating group) is 2. The zero-order valence-electron chi connectivity index (χ0n) is 22.8. The minimum absolute atomic E-state index is 0.00837. The lowest BCUT2D eigenvalue weighted by atomic mass is 10.3. The van der Waals surface area contributed by atoms with Crippen LogP contribution in [0.5, 0.6) is 0 Å². The lowest BCUT2D eigenvalue weighted by molar-refractivity contribution is -0.122. The lowest BCUT2D eigenvalue weighted by Gasteiger charge is -2.09. The highest BCUT2D eigenvalue weighted by Gasteiger charge is 2.12. The number of thiol groups is 1. The van der Waals surface area contributed by atoms with Gasteiger partial charge >= 0.3 is 0 Å². The Morgan fingerprint density at radius 2 is 1.23 bits per heavy atom. The van der Waals surface area contributed by atoms with E-state index in [0.717, 1.165) is 19.4 Å². The molecule has 0 aromatic heterocycles. The topological polar surface area (TPSA) is 168 Å². The van der Waals surface area contributed by atoms with Gasteiger partial charge in [-0.2, -0.15) is 12.6 Å². The van der Waals surface area contributed by atoms with Crippen LogP contribution in [-0.2, 0) is 19.2 Å². The summed E-state index contributed by atoms with van der Waals surface area (Å²) in [5.74, 6) is 0.957. The second kappa shape index (κ2) is 37.8. The van der Waals surface area contributed by atoms with Crippen molar-refractivity contribution in [3.63, 3.8) is 0 Å². The molecule has 212 valence electrons. The third kappa shape index (κ3) is 37.9. The van der Waals surface area contributed by atoms with Gasteiger partial charge in [-0.15, -0.1) is 11.8 Å². The number of carbonyl (C=O) groups excluding carboxylic acids is 4. The third-order valence-electron chi connectivity index (χ3n) is 3.16. The van der Waals surface area contributed by atoms with Crippen LogP contribution >= 0.6 is 47.0 Å². The average molecular weight is 655 g/mol. The zero-order valence-corrected chi connectivity index (χ0v) is 26.7. The molecule has 0 unspecified atom stereocenters. The highest BCUT2D eigenvalue weighted by molar-refractivity contribution is 14.1. The molecular formula is C22H51IN6O4S2. The van der Waals surface area contributed by atoms with Gasteiger partial charge in [0, 0.05) is 38.7 Å². The van der Waals surface area contributed by atoms with Gasteiger partial charge in [-0.1, -0.05) is 64.1 Å². The molecule has 4 amide bonds. The largest absolute Gasteiger partial charge is 0.358 e. The fourth-order valence-electron chi connectivity index (χ4n) is 1.44. The minimum Gasteiger partial charge on any atom is -0.358 e. The van der Waals surface area contributed by atoms with Gasteiger partial charge in [-0.25, -0.2) is 0 Å². The predicted molar refractivity (Wildman–Crippen MR) is 163 cm³/mol. The van der Waals surface area contributed by atoms with Crippen LogP contribution < -0.4 is 32.7 Å². The van der Waals surface area contributed by atoms with Crippen molar-refractivity contribution >= 4 is 70.6 Å². The quantitative estimate of drug-likeness (QED) is 0.0946. The Morgan fingerprint density at radius 1 is 0.829 bits per heavy atom. The van der Waals surface area contributed by atoms with Gasteiger partial charge in [0.1, 0.15) is 0 Å². The number of halogens is 1. The smallest absolute Gasteiger partial charge is 0.237 e. The summed E-state index contributed by atoms with van der Waals surface area (Å²) in [5, 5.41) is 10.3. The van der Waals surface area contributed by atoms with Crippen LogP contribution in [-0.4, -0.2) is 84.6 Å². The summed E-state index contributed by atoms with van der Waals surface area (Å²) in [7, 11) is 3.09. The Balaban J connectivity index is -0.000000128. The summed E-state index contributed by atoms with van der Waals surface area (Å²) < 4.78 is 0.567. The van der Waals surface area contributed by atoms with E-state index in [4.69, 9.17) is 11.5 Å². The molecule has 0 radical (unpaired) electrons. The van der Waals surface area contributed by atoms with E-state index in [9.17, 15) is 19.2 Å². The van der Waals surface area contributed by atoms with Crippen LogP contribution in [0.4, 0.5) is 0 Å². The van der Waals surface area contributed by atoms with Gasteiger partial charge in [0.15, 0.2) is 0 Å². The first-order chi connectivity index (χ1) is 16.6. The van der Waals surface area contributed by atoms with Gasteiger partial charge in [-0.05, 0) is 12.8 Å². The number of hydrogen-bond donors (Lipinski definition) is 7. The molecule has 35 heavy (non-hydrogen) atoms. The summed E-state index contributed by atoms with van der Waals surface area (Å²) in [6.45, 7) is 13.5. The summed E-state index contributed by atoms with van der Waals surface area (Å²) in [5.41, 5.74) is 10.8. The van der Waals surface area contributed by atoms with Crippen molar-refractivity contribution < 1.29 is 19.2 Å². The molecule has 13 heteroatoms. The summed E-state index contributed by atoms with van der Waals surface area (Å²) in [6, 6.07) is -1.01. The summed E-state index contributed by atoms with van der Waals surface area (Å²) in [4.78, 5) is 43.1. The van der Waals surface area contributed by atoms with Crippen molar-refractivity contribution in [1.82, 2.24) is 21.3 Å². The SMILES string of the molecule is CC.CC.CCCNC(=O)CI.CCCNC(=O)CSC[C@@H](N)C(=O)NC.CNC(=O)[C@H](N)CS. The van der Waals surface area contributed by atoms with Gasteiger partial charge < -0.3 is 32.7 Å². The second-order valence-electron chi connectivity index (χ2n) is 5.97. The van der Waals surface area contributed by atoms with Crippen molar-refractivity contribution in [2.75, 3.05) is 48.9 Å². The number of hydrogen-bond acceptors (Lipinski definition) is 8. The Morgan fingerprint density at radius 3 is 1.54 bits per heavy atom. The van der Waals surface area contributed by atoms with Crippen LogP contribution in [0.1, 0.15) is 54.4 Å². The molecule has 0 aromatic carbocycles. The van der Waals surface area contributed by atoms with Gasteiger partial charge in [0.25, 0.3) is 0 Å². The molecule has 0 aromatic rings. The molecule has 0 heterocycles. The molecule has 0 fully saturated rings. The van der Waals surface area contributed by atoms with Gasteiger partial charge in [0.05, 0.1) is 22.3 Å². The van der Waals surface area contributed by atoms with E-state index in [1.54, 1.807) is 14.1 Å². The monoisotopic (exact) mass is 654 g/mol. The summed E-state index contributed by atoms with van der Waals surface area (Å²) in [6.07, 6.45) is 1.94. The number of thioether (sulfide) groups is 1. The van der Waals surface area contributed by atoms with Gasteiger partial charge in [-0.3, -0.25) is 19.2 Å². The molecule has 0 rings (SSSR count). The highest BCUT2D eigenvalue weighted by atomic mass is 127. The van der Waals surface area contributed by atoms with Crippen molar-refractivity contribution in [3.8, 4) is 0 Å². The van der Waals surface area contributed by atoms with Crippen molar-refractivity contribution in [1.29, 1.82) is 0 Å². The first kappa shape index (κ1) is 44.2. The van der Waals surface area contributed by atoms with Crippen molar-refractivity contribution in [2.24, 2.45) is 11.5 Å². The number of nitrogens with one attached hydrogen (secondary N) is 4. The highest BCUT2D eigenvalue weighted by Crippen LogP contribution is 2.01. The lowest BCUT2D eigenvalue weighted by Crippen LogP contribution is -2.40. The van der Waals surface area contributed by atoms with E-state index in [-0.39, 0.29) is 23.6 Å². The Kier molecular flexibility index (Phi) is 47.7. The average Bonchev–Trinajstić information content (AvgIpc) is 2.91. The Bertz CT molecular complexity index is 507. The molecule has 0 bridgehead atoms.